The molecule has 0 aliphatic carbocycles. The van der Waals surface area contributed by atoms with E-state index in [1.807, 2.05) is 31.3 Å². The summed E-state index contributed by atoms with van der Waals surface area (Å²) in [6.45, 7) is -0.828. The molecule has 0 radical (unpaired) electrons. The summed E-state index contributed by atoms with van der Waals surface area (Å²) in [4.78, 5) is 4.33. The predicted octanol–water partition coefficient (Wildman–Crippen LogP) is 4.67. The quantitative estimate of drug-likeness (QED) is 0.737. The zero-order chi connectivity index (χ0) is 14.5. The maximum absolute atomic E-state index is 12.2. The van der Waals surface area contributed by atoms with Crippen molar-refractivity contribution in [2.24, 2.45) is 0 Å². The summed E-state index contributed by atoms with van der Waals surface area (Å²) in [6, 6.07) is 10.6. The Bertz CT molecular complexity index is 560. The highest BCUT2D eigenvalue weighted by molar-refractivity contribution is 9.09. The van der Waals surface area contributed by atoms with E-state index in [9.17, 15) is 8.78 Å². The van der Waals surface area contributed by atoms with Crippen molar-refractivity contribution in [1.29, 1.82) is 0 Å². The summed E-state index contributed by atoms with van der Waals surface area (Å²) < 4.78 is 28.8. The van der Waals surface area contributed by atoms with Crippen molar-refractivity contribution < 1.29 is 13.5 Å². The molecule has 0 fully saturated rings. The molecule has 1 aromatic carbocycles. The van der Waals surface area contributed by atoms with Gasteiger partial charge in [-0.05, 0) is 36.2 Å². The van der Waals surface area contributed by atoms with Gasteiger partial charge in [0.15, 0.2) is 0 Å². The van der Waals surface area contributed by atoms with Gasteiger partial charge in [0.05, 0.1) is 0 Å². The fourth-order valence-electron chi connectivity index (χ4n) is 1.81. The molecule has 0 aliphatic heterocycles. The van der Waals surface area contributed by atoms with Crippen LogP contribution in [0.15, 0.2) is 42.6 Å². The van der Waals surface area contributed by atoms with Gasteiger partial charge in [-0.15, -0.1) is 0 Å². The van der Waals surface area contributed by atoms with Gasteiger partial charge in [-0.2, -0.15) is 8.78 Å². The molecule has 0 saturated heterocycles. The van der Waals surface area contributed by atoms with Gasteiger partial charge in [0.25, 0.3) is 0 Å². The maximum atomic E-state index is 12.2. The third-order valence-corrected chi connectivity index (χ3v) is 3.66. The molecule has 20 heavy (non-hydrogen) atoms. The summed E-state index contributed by atoms with van der Waals surface area (Å²) in [7, 11) is 0. The minimum Gasteiger partial charge on any atom is -0.435 e. The largest absolute Gasteiger partial charge is 0.435 e. The van der Waals surface area contributed by atoms with Crippen LogP contribution in [0.25, 0.3) is 0 Å². The Morgan fingerprint density at radius 2 is 2.05 bits per heavy atom. The van der Waals surface area contributed by atoms with E-state index in [1.54, 1.807) is 12.1 Å². The highest BCUT2D eigenvalue weighted by atomic mass is 79.9. The Morgan fingerprint density at radius 1 is 1.25 bits per heavy atom. The SMILES string of the molecule is Cc1ccc(CC(Br)c2cccc(OC(F)F)c2)nc1. The van der Waals surface area contributed by atoms with Crippen LogP contribution in [0.5, 0.6) is 5.75 Å². The van der Waals surface area contributed by atoms with Gasteiger partial charge in [-0.3, -0.25) is 4.98 Å². The Hall–Kier alpha value is -1.49. The fraction of sp³-hybridized carbons (Fsp3) is 0.267. The first-order chi connectivity index (χ1) is 9.54. The number of hydrogen-bond donors (Lipinski definition) is 0. The summed E-state index contributed by atoms with van der Waals surface area (Å²) in [5.74, 6) is 0.166. The smallest absolute Gasteiger partial charge is 0.387 e. The highest BCUT2D eigenvalue weighted by Crippen LogP contribution is 2.29. The highest BCUT2D eigenvalue weighted by Gasteiger charge is 2.11. The summed E-state index contributed by atoms with van der Waals surface area (Å²) in [5, 5.41) is 0. The third-order valence-electron chi connectivity index (χ3n) is 2.81. The lowest BCUT2D eigenvalue weighted by atomic mass is 10.1. The van der Waals surface area contributed by atoms with E-state index in [-0.39, 0.29) is 10.6 Å². The number of aryl methyl sites for hydroxylation is 1. The second-order valence-electron chi connectivity index (χ2n) is 4.45. The standard InChI is InChI=1S/C15H14BrF2NO/c1-10-5-6-12(19-9-10)8-14(16)11-3-2-4-13(7-11)20-15(17)18/h2-7,9,14-15H,8H2,1H3. The third kappa shape index (κ3) is 4.27. The van der Waals surface area contributed by atoms with Gasteiger partial charge in [0.2, 0.25) is 0 Å². The number of rotatable bonds is 5. The topological polar surface area (TPSA) is 22.1 Å². The van der Waals surface area contributed by atoms with Crippen LogP contribution in [0.3, 0.4) is 0 Å². The number of nitrogens with zero attached hydrogens (tertiary/aromatic N) is 1. The summed E-state index contributed by atoms with van der Waals surface area (Å²) in [6.07, 6.45) is 2.49. The lowest BCUT2D eigenvalue weighted by Gasteiger charge is -2.12. The minimum absolute atomic E-state index is 0.000992. The van der Waals surface area contributed by atoms with Crippen LogP contribution < -0.4 is 4.74 Å². The van der Waals surface area contributed by atoms with Crippen molar-refractivity contribution in [3.8, 4) is 5.75 Å². The Balaban J connectivity index is 2.08. The second kappa shape index (κ2) is 6.79. The number of aromatic nitrogens is 1. The van der Waals surface area contributed by atoms with Crippen LogP contribution in [0.2, 0.25) is 0 Å². The van der Waals surface area contributed by atoms with Crippen molar-refractivity contribution in [2.45, 2.75) is 24.8 Å². The van der Waals surface area contributed by atoms with Crippen molar-refractivity contribution in [1.82, 2.24) is 4.98 Å². The molecular weight excluding hydrogens is 328 g/mol. The molecule has 0 saturated carbocycles. The van der Waals surface area contributed by atoms with Crippen LogP contribution >= 0.6 is 15.9 Å². The second-order valence-corrected chi connectivity index (χ2v) is 5.55. The molecule has 2 aromatic rings. The van der Waals surface area contributed by atoms with Crippen LogP contribution in [0.4, 0.5) is 8.78 Å². The van der Waals surface area contributed by atoms with E-state index in [4.69, 9.17) is 0 Å². The Labute approximate surface area is 124 Å². The van der Waals surface area contributed by atoms with Gasteiger partial charge in [0, 0.05) is 23.1 Å². The zero-order valence-electron chi connectivity index (χ0n) is 10.9. The molecule has 2 nitrogen and oxygen atoms in total. The number of benzene rings is 1. The molecule has 1 aromatic heterocycles. The van der Waals surface area contributed by atoms with Crippen molar-refractivity contribution >= 4 is 15.9 Å². The van der Waals surface area contributed by atoms with Crippen LogP contribution in [-0.2, 0) is 6.42 Å². The van der Waals surface area contributed by atoms with Gasteiger partial charge >= 0.3 is 6.61 Å². The number of halogens is 3. The van der Waals surface area contributed by atoms with Crippen LogP contribution in [-0.4, -0.2) is 11.6 Å². The molecular formula is C15H14BrF2NO. The molecule has 0 aliphatic rings. The van der Waals surface area contributed by atoms with Gasteiger partial charge in [0.1, 0.15) is 5.75 Å². The van der Waals surface area contributed by atoms with Gasteiger partial charge in [-0.1, -0.05) is 34.1 Å². The normalized spacial score (nSPS) is 12.4. The lowest BCUT2D eigenvalue weighted by molar-refractivity contribution is -0.0498. The fourth-order valence-corrected chi connectivity index (χ4v) is 2.42. The summed E-state index contributed by atoms with van der Waals surface area (Å²) >= 11 is 3.56. The predicted molar refractivity (Wildman–Crippen MR) is 77.4 cm³/mol. The number of alkyl halides is 3. The van der Waals surface area contributed by atoms with E-state index in [0.29, 0.717) is 6.42 Å². The minimum atomic E-state index is -2.81. The van der Waals surface area contributed by atoms with Crippen LogP contribution in [0.1, 0.15) is 21.6 Å². The summed E-state index contributed by atoms with van der Waals surface area (Å²) in [5.41, 5.74) is 2.93. The number of pyridine rings is 1. The molecule has 5 heteroatoms. The van der Waals surface area contributed by atoms with Crippen molar-refractivity contribution in [3.05, 3.63) is 59.4 Å². The monoisotopic (exact) mass is 341 g/mol. The number of ether oxygens (including phenoxy) is 1. The van der Waals surface area contributed by atoms with E-state index in [0.717, 1.165) is 16.8 Å². The first-order valence-corrected chi connectivity index (χ1v) is 7.06. The van der Waals surface area contributed by atoms with Crippen LogP contribution in [0, 0.1) is 6.92 Å². The van der Waals surface area contributed by atoms with E-state index < -0.39 is 6.61 Å². The maximum Gasteiger partial charge on any atom is 0.387 e. The molecule has 0 spiro atoms. The molecule has 106 valence electrons. The lowest BCUT2D eigenvalue weighted by Crippen LogP contribution is -2.03. The average molecular weight is 342 g/mol. The molecule has 1 unspecified atom stereocenters. The molecule has 1 atom stereocenters. The number of hydrogen-bond acceptors (Lipinski definition) is 2. The molecule has 0 bridgehead atoms. The molecule has 2 rings (SSSR count). The van der Waals surface area contributed by atoms with Crippen molar-refractivity contribution in [3.63, 3.8) is 0 Å². The van der Waals surface area contributed by atoms with E-state index in [2.05, 4.69) is 25.7 Å². The Morgan fingerprint density at radius 3 is 2.70 bits per heavy atom. The molecule has 1 heterocycles. The first-order valence-electron chi connectivity index (χ1n) is 6.15. The van der Waals surface area contributed by atoms with Gasteiger partial charge < -0.3 is 4.74 Å². The molecule has 0 N–H and O–H groups in total. The van der Waals surface area contributed by atoms with E-state index >= 15 is 0 Å². The average Bonchev–Trinajstić information content (AvgIpc) is 2.41. The molecule has 0 amide bonds. The van der Waals surface area contributed by atoms with Crippen molar-refractivity contribution in [2.75, 3.05) is 0 Å². The van der Waals surface area contributed by atoms with E-state index in [1.165, 1.54) is 6.07 Å². The Kier molecular flexibility index (Phi) is 5.06. The van der Waals surface area contributed by atoms with Gasteiger partial charge in [-0.25, -0.2) is 0 Å². The zero-order valence-corrected chi connectivity index (χ0v) is 12.5. The first kappa shape index (κ1) is 14.9.